The zero-order valence-electron chi connectivity index (χ0n) is 14.6. The lowest BCUT2D eigenvalue weighted by Crippen LogP contribution is -2.09. The smallest absolute Gasteiger partial charge is 0.323 e. The molecule has 0 saturated heterocycles. The summed E-state index contributed by atoms with van der Waals surface area (Å²) in [5.74, 6) is -0.166. The summed E-state index contributed by atoms with van der Waals surface area (Å²) in [7, 11) is -3.31. The zero-order chi connectivity index (χ0) is 19.8. The number of carboxylic acids is 1. The highest BCUT2D eigenvalue weighted by molar-refractivity contribution is 7.90. The van der Waals surface area contributed by atoms with Crippen LogP contribution in [0.25, 0.3) is 10.9 Å². The van der Waals surface area contributed by atoms with Crippen molar-refractivity contribution in [2.75, 3.05) is 6.26 Å². The average molecular weight is 384 g/mol. The number of fused-ring (bicyclic) bond motifs is 1. The topological polar surface area (TPSA) is 109 Å². The van der Waals surface area contributed by atoms with E-state index in [1.165, 1.54) is 24.3 Å². The van der Waals surface area contributed by atoms with Gasteiger partial charge in [0, 0.05) is 11.6 Å². The quantitative estimate of drug-likeness (QED) is 0.724. The predicted octanol–water partition coefficient (Wildman–Crippen LogP) is 3.10. The minimum Gasteiger partial charge on any atom is -0.480 e. The van der Waals surface area contributed by atoms with E-state index in [9.17, 15) is 18.3 Å². The SMILES string of the molecule is Cc1c(Oc2ccc(S(C)(=O)=O)cc2)c2cc(C#N)ccc2n1CC(=O)O. The second kappa shape index (κ2) is 6.78. The molecule has 8 heteroatoms. The van der Waals surface area contributed by atoms with Crippen LogP contribution in [0.4, 0.5) is 0 Å². The van der Waals surface area contributed by atoms with Crippen molar-refractivity contribution in [1.29, 1.82) is 5.26 Å². The van der Waals surface area contributed by atoms with Crippen LogP contribution in [0.3, 0.4) is 0 Å². The molecular weight excluding hydrogens is 368 g/mol. The molecule has 0 saturated carbocycles. The molecule has 0 aliphatic carbocycles. The highest BCUT2D eigenvalue weighted by atomic mass is 32.2. The zero-order valence-corrected chi connectivity index (χ0v) is 15.4. The molecule has 1 heterocycles. The van der Waals surface area contributed by atoms with Crippen LogP contribution in [0.2, 0.25) is 0 Å². The third-order valence-corrected chi connectivity index (χ3v) is 5.29. The molecule has 2 aromatic carbocycles. The number of rotatable bonds is 5. The van der Waals surface area contributed by atoms with Gasteiger partial charge in [0.25, 0.3) is 0 Å². The van der Waals surface area contributed by atoms with Gasteiger partial charge in [-0.1, -0.05) is 0 Å². The largest absolute Gasteiger partial charge is 0.480 e. The number of carbonyl (C=O) groups is 1. The summed E-state index contributed by atoms with van der Waals surface area (Å²) < 4.78 is 30.7. The number of benzene rings is 2. The molecular formula is C19H16N2O5S. The molecule has 3 aromatic rings. The van der Waals surface area contributed by atoms with Gasteiger partial charge in [-0.15, -0.1) is 0 Å². The van der Waals surface area contributed by atoms with Crippen LogP contribution in [-0.4, -0.2) is 30.3 Å². The fraction of sp³-hybridized carbons (Fsp3) is 0.158. The van der Waals surface area contributed by atoms with Crippen molar-refractivity contribution in [3.8, 4) is 17.6 Å². The van der Waals surface area contributed by atoms with E-state index in [0.29, 0.717) is 33.7 Å². The van der Waals surface area contributed by atoms with E-state index in [2.05, 4.69) is 6.07 Å². The average Bonchev–Trinajstić information content (AvgIpc) is 2.86. The van der Waals surface area contributed by atoms with E-state index in [4.69, 9.17) is 10.00 Å². The monoisotopic (exact) mass is 384 g/mol. The Bertz CT molecular complexity index is 1190. The van der Waals surface area contributed by atoms with Crippen molar-refractivity contribution >= 4 is 26.7 Å². The maximum atomic E-state index is 11.6. The van der Waals surface area contributed by atoms with E-state index < -0.39 is 15.8 Å². The third-order valence-electron chi connectivity index (χ3n) is 4.16. The number of carboxylic acid groups (broad SMARTS) is 1. The molecule has 0 atom stereocenters. The molecule has 0 aliphatic rings. The maximum Gasteiger partial charge on any atom is 0.323 e. The summed E-state index contributed by atoms with van der Waals surface area (Å²) in [6.45, 7) is 1.49. The molecule has 138 valence electrons. The number of ether oxygens (including phenoxy) is 1. The van der Waals surface area contributed by atoms with Crippen LogP contribution in [-0.2, 0) is 21.2 Å². The van der Waals surface area contributed by atoms with E-state index >= 15 is 0 Å². The van der Waals surface area contributed by atoms with E-state index in [1.54, 1.807) is 29.7 Å². The van der Waals surface area contributed by atoms with Gasteiger partial charge >= 0.3 is 5.97 Å². The second-order valence-corrected chi connectivity index (χ2v) is 8.10. The van der Waals surface area contributed by atoms with E-state index in [0.717, 1.165) is 6.26 Å². The first-order valence-corrected chi connectivity index (χ1v) is 9.82. The second-order valence-electron chi connectivity index (χ2n) is 6.08. The molecule has 0 radical (unpaired) electrons. The minimum atomic E-state index is -3.31. The Kier molecular flexibility index (Phi) is 4.64. The van der Waals surface area contributed by atoms with Gasteiger partial charge in [-0.25, -0.2) is 8.42 Å². The first-order chi connectivity index (χ1) is 12.7. The fourth-order valence-electron chi connectivity index (χ4n) is 2.86. The number of nitriles is 1. The Morgan fingerprint density at radius 2 is 1.89 bits per heavy atom. The Morgan fingerprint density at radius 1 is 1.22 bits per heavy atom. The molecule has 0 amide bonds. The molecule has 27 heavy (non-hydrogen) atoms. The molecule has 0 bridgehead atoms. The van der Waals surface area contributed by atoms with Crippen molar-refractivity contribution in [1.82, 2.24) is 4.57 Å². The van der Waals surface area contributed by atoms with Gasteiger partial charge in [0.2, 0.25) is 0 Å². The summed E-state index contributed by atoms with van der Waals surface area (Å²) in [4.78, 5) is 11.4. The Hall–Kier alpha value is -3.31. The normalized spacial score (nSPS) is 11.3. The molecule has 3 rings (SSSR count). The number of nitrogens with zero attached hydrogens (tertiary/aromatic N) is 2. The molecule has 1 N–H and O–H groups in total. The Labute approximate surface area is 156 Å². The lowest BCUT2D eigenvalue weighted by Gasteiger charge is -2.08. The Morgan fingerprint density at radius 3 is 2.44 bits per heavy atom. The van der Waals surface area contributed by atoms with Gasteiger partial charge in [-0.05, 0) is 49.4 Å². The van der Waals surface area contributed by atoms with Gasteiger partial charge in [0.1, 0.15) is 12.3 Å². The van der Waals surface area contributed by atoms with Crippen molar-refractivity contribution in [2.45, 2.75) is 18.4 Å². The molecule has 1 aromatic heterocycles. The van der Waals surface area contributed by atoms with Crippen LogP contribution < -0.4 is 4.74 Å². The van der Waals surface area contributed by atoms with Gasteiger partial charge in [-0.2, -0.15) is 5.26 Å². The van der Waals surface area contributed by atoms with Crippen molar-refractivity contribution in [2.24, 2.45) is 0 Å². The standard InChI is InChI=1S/C19H16N2O5S/c1-12-19(26-14-4-6-15(7-5-14)27(2,24)25)16-9-13(10-20)3-8-17(16)21(12)11-18(22)23/h3-9H,11H2,1-2H3,(H,22,23). The van der Waals surface area contributed by atoms with Crippen LogP contribution in [0, 0.1) is 18.3 Å². The van der Waals surface area contributed by atoms with Crippen LogP contribution in [0.15, 0.2) is 47.4 Å². The predicted molar refractivity (Wildman–Crippen MR) is 98.7 cm³/mol. The molecule has 0 fully saturated rings. The third kappa shape index (κ3) is 3.64. The molecule has 0 aliphatic heterocycles. The summed E-state index contributed by atoms with van der Waals surface area (Å²) >= 11 is 0. The number of aliphatic carboxylic acids is 1. The first kappa shape index (κ1) is 18.5. The summed E-state index contributed by atoms with van der Waals surface area (Å²) in [6.07, 6.45) is 1.12. The Balaban J connectivity index is 2.11. The van der Waals surface area contributed by atoms with Crippen LogP contribution in [0.1, 0.15) is 11.3 Å². The molecule has 0 unspecified atom stereocenters. The highest BCUT2D eigenvalue weighted by Gasteiger charge is 2.18. The van der Waals surface area contributed by atoms with E-state index in [-0.39, 0.29) is 11.4 Å². The maximum absolute atomic E-state index is 11.6. The highest BCUT2D eigenvalue weighted by Crippen LogP contribution is 2.36. The van der Waals surface area contributed by atoms with E-state index in [1.807, 2.05) is 0 Å². The number of hydrogen-bond acceptors (Lipinski definition) is 5. The van der Waals surface area contributed by atoms with Gasteiger partial charge in [0.05, 0.1) is 27.7 Å². The van der Waals surface area contributed by atoms with Gasteiger partial charge < -0.3 is 14.4 Å². The first-order valence-electron chi connectivity index (χ1n) is 7.93. The number of aromatic nitrogens is 1. The van der Waals surface area contributed by atoms with Crippen molar-refractivity contribution < 1.29 is 23.1 Å². The fourth-order valence-corrected chi connectivity index (χ4v) is 3.49. The summed E-state index contributed by atoms with van der Waals surface area (Å²) in [5.41, 5.74) is 1.65. The van der Waals surface area contributed by atoms with Crippen molar-refractivity contribution in [3.63, 3.8) is 0 Å². The summed E-state index contributed by atoms with van der Waals surface area (Å²) in [6, 6.07) is 12.9. The molecule has 7 nitrogen and oxygen atoms in total. The van der Waals surface area contributed by atoms with Crippen LogP contribution in [0.5, 0.6) is 11.5 Å². The van der Waals surface area contributed by atoms with Gasteiger partial charge in [-0.3, -0.25) is 4.79 Å². The van der Waals surface area contributed by atoms with Gasteiger partial charge in [0.15, 0.2) is 15.6 Å². The number of hydrogen-bond donors (Lipinski definition) is 1. The lowest BCUT2D eigenvalue weighted by molar-refractivity contribution is -0.137. The van der Waals surface area contributed by atoms with Crippen molar-refractivity contribution in [3.05, 3.63) is 53.7 Å². The minimum absolute atomic E-state index is 0.173. The lowest BCUT2D eigenvalue weighted by atomic mass is 10.1. The summed E-state index contributed by atoms with van der Waals surface area (Å²) in [5, 5.41) is 19.0. The van der Waals surface area contributed by atoms with Crippen LogP contribution >= 0.6 is 0 Å². The number of sulfone groups is 1. The molecule has 0 spiro atoms.